The molecule has 0 unspecified atom stereocenters. The minimum absolute atomic E-state index is 0.412. The van der Waals surface area contributed by atoms with Crippen LogP contribution in [0.2, 0.25) is 0 Å². The number of hydrogen-bond acceptors (Lipinski definition) is 5. The van der Waals surface area contributed by atoms with E-state index in [0.29, 0.717) is 5.57 Å². The van der Waals surface area contributed by atoms with Crippen LogP contribution in [-0.2, 0) is 0 Å². The molecule has 0 fully saturated rings. The summed E-state index contributed by atoms with van der Waals surface area (Å²) in [5.41, 5.74) is 0.412. The van der Waals surface area contributed by atoms with Crippen molar-refractivity contribution in [1.29, 1.82) is 15.9 Å². The summed E-state index contributed by atoms with van der Waals surface area (Å²) in [6, 6.07) is 3.62. The van der Waals surface area contributed by atoms with Crippen molar-refractivity contribution in [3.8, 4) is 12.1 Å². The fourth-order valence-electron chi connectivity index (χ4n) is 0.157. The van der Waals surface area contributed by atoms with Crippen molar-refractivity contribution in [3.63, 3.8) is 0 Å². The Morgan fingerprint density at radius 3 is 1.45 bits per heavy atom. The van der Waals surface area contributed by atoms with Crippen molar-refractivity contribution in [2.45, 2.75) is 0 Å². The second kappa shape index (κ2) is 57.6. The molecule has 0 rings (SSSR count). The van der Waals surface area contributed by atoms with Crippen molar-refractivity contribution in [3.05, 3.63) is 84.9 Å². The second-order valence-electron chi connectivity index (χ2n) is 2.04. The van der Waals surface area contributed by atoms with E-state index < -0.39 is 0 Å². The highest BCUT2D eigenvalue weighted by Gasteiger charge is 1.70. The van der Waals surface area contributed by atoms with Gasteiger partial charge in [0.05, 0.1) is 12.1 Å². The third-order valence-electron chi connectivity index (χ3n) is 0.864. The van der Waals surface area contributed by atoms with Gasteiger partial charge < -0.3 is 0 Å². The average molecular weight is 272 g/mol. The molecule has 0 atom stereocenters. The van der Waals surface area contributed by atoms with Gasteiger partial charge in [0.1, 0.15) is 0 Å². The first-order valence-electron chi connectivity index (χ1n) is 4.72. The molecule has 0 aromatic heterocycles. The lowest BCUT2D eigenvalue weighted by molar-refractivity contribution is 1.51. The standard InChI is InChI=1S/2C5H5N.C4H6.CH2N.O2/c1-3-5(2)4-6;1-2-3-4-5-6;1-3-4-2;2*1-2/h3H,1-2H2;2-4H,1H2;3-4H,1-2H2;1-2H;/q;;;+1;/b;4-3+;;;. The molecular weight excluding hydrogens is 254 g/mol. The molecule has 0 aliphatic rings. The van der Waals surface area contributed by atoms with Gasteiger partial charge in [-0.05, 0) is 0 Å². The molecule has 0 amide bonds. The van der Waals surface area contributed by atoms with Gasteiger partial charge in [-0.1, -0.05) is 68.7 Å². The van der Waals surface area contributed by atoms with Crippen LogP contribution >= 0.6 is 0 Å². The molecule has 20 heavy (non-hydrogen) atoms. The van der Waals surface area contributed by atoms with Crippen LogP contribution in [-0.4, -0.2) is 6.72 Å². The van der Waals surface area contributed by atoms with Crippen LogP contribution in [0.1, 0.15) is 0 Å². The third kappa shape index (κ3) is 128. The highest BCUT2D eigenvalue weighted by Crippen LogP contribution is 1.81. The van der Waals surface area contributed by atoms with E-state index in [1.54, 1.807) is 30.4 Å². The molecule has 0 aliphatic heterocycles. The molecule has 0 heterocycles. The maximum atomic E-state index is 7.91. The molecule has 0 saturated carbocycles. The zero-order valence-electron chi connectivity index (χ0n) is 11.3. The summed E-state index contributed by atoms with van der Waals surface area (Å²) in [6.45, 7) is 20.5. The van der Waals surface area contributed by atoms with Crippen molar-refractivity contribution >= 4 is 6.72 Å². The normalized spacial score (nSPS) is 5.45. The number of nitriles is 2. The molecule has 5 nitrogen and oxygen atoms in total. The zero-order chi connectivity index (χ0) is 17.2. The third-order valence-corrected chi connectivity index (χ3v) is 0.864. The number of nitrogens with zero attached hydrogens (tertiary/aromatic N) is 2. The second-order valence-corrected chi connectivity index (χ2v) is 2.04. The largest absolute Gasteiger partial charge is 0.338 e. The highest BCUT2D eigenvalue weighted by atomic mass is 16.7. The summed E-state index contributed by atoms with van der Waals surface area (Å²) < 4.78 is 0. The molecular formula is C15H18N3O2+. The maximum Gasteiger partial charge on any atom is 0.338 e. The first-order valence-corrected chi connectivity index (χ1v) is 4.72. The first-order chi connectivity index (χ1) is 9.64. The van der Waals surface area contributed by atoms with Crippen molar-refractivity contribution < 1.29 is 0 Å². The Morgan fingerprint density at radius 2 is 1.40 bits per heavy atom. The Morgan fingerprint density at radius 1 is 1.00 bits per heavy atom. The summed E-state index contributed by atoms with van der Waals surface area (Å²) in [4.78, 5) is 14.0. The van der Waals surface area contributed by atoms with E-state index in [9.17, 15) is 0 Å². The van der Waals surface area contributed by atoms with E-state index in [-0.39, 0.29) is 0 Å². The van der Waals surface area contributed by atoms with Gasteiger partial charge in [-0.25, -0.2) is 0 Å². The minimum Gasteiger partial charge on any atom is -0.193 e. The predicted octanol–water partition coefficient (Wildman–Crippen LogP) is 4.07. The molecule has 0 saturated heterocycles. The average Bonchev–Trinajstić information content (AvgIpc) is 2.56. The van der Waals surface area contributed by atoms with Crippen LogP contribution in [0.3, 0.4) is 0 Å². The molecule has 1 N–H and O–H groups in total. The van der Waals surface area contributed by atoms with Gasteiger partial charge in [0, 0.05) is 21.6 Å². The van der Waals surface area contributed by atoms with Crippen molar-refractivity contribution in [2.24, 2.45) is 0 Å². The van der Waals surface area contributed by atoms with Gasteiger partial charge in [-0.3, -0.25) is 0 Å². The van der Waals surface area contributed by atoms with Crippen LogP contribution < -0.4 is 0 Å². The summed E-state index contributed by atoms with van der Waals surface area (Å²) >= 11 is 0. The number of hydrogen-bond donors (Lipinski definition) is 1. The summed E-state index contributed by atoms with van der Waals surface area (Å²) in [5.74, 6) is 0. The fourth-order valence-corrected chi connectivity index (χ4v) is 0.157. The number of rotatable bonds is 3. The van der Waals surface area contributed by atoms with Crippen molar-refractivity contribution in [1.82, 2.24) is 0 Å². The molecule has 5 heteroatoms. The quantitative estimate of drug-likeness (QED) is 0.361. The van der Waals surface area contributed by atoms with E-state index in [1.807, 2.05) is 6.07 Å². The van der Waals surface area contributed by atoms with Crippen LogP contribution in [0.5, 0.6) is 0 Å². The molecule has 0 aliphatic carbocycles. The van der Waals surface area contributed by atoms with E-state index >= 15 is 0 Å². The SMILES string of the molecule is C=C/C=C/C#N.C=CC(=C)C#N.C=CC=C.O=O.[CH+]=N. The van der Waals surface area contributed by atoms with Gasteiger partial charge in [-0.15, -0.1) is 0 Å². The lowest BCUT2D eigenvalue weighted by Gasteiger charge is -1.68. The monoisotopic (exact) mass is 272 g/mol. The van der Waals surface area contributed by atoms with Crippen LogP contribution in [0.25, 0.3) is 0 Å². The molecule has 104 valence electrons. The van der Waals surface area contributed by atoms with Gasteiger partial charge in [0.2, 0.25) is 0 Å². The topological polar surface area (TPSA) is 106 Å². The molecule has 0 radical (unpaired) electrons. The van der Waals surface area contributed by atoms with Gasteiger partial charge in [0.15, 0.2) is 0 Å². The Labute approximate surface area is 120 Å². The highest BCUT2D eigenvalue weighted by molar-refractivity contribution is 5.26. The lowest BCUT2D eigenvalue weighted by atomic mass is 10.3. The first kappa shape index (κ1) is 30.0. The minimum atomic E-state index is 0.412. The Hall–Kier alpha value is -3.40. The Bertz CT molecular complexity index is 364. The molecule has 0 aromatic rings. The van der Waals surface area contributed by atoms with Crippen molar-refractivity contribution in [2.75, 3.05) is 0 Å². The van der Waals surface area contributed by atoms with E-state index in [1.165, 1.54) is 12.2 Å². The van der Waals surface area contributed by atoms with Gasteiger partial charge in [-0.2, -0.15) is 10.5 Å². The number of allylic oxidation sites excluding steroid dienone is 7. The van der Waals surface area contributed by atoms with Crippen LogP contribution in [0.15, 0.2) is 74.9 Å². The van der Waals surface area contributed by atoms with E-state index in [0.717, 1.165) is 0 Å². The fraction of sp³-hybridized carbons (Fsp3) is 0. The molecule has 0 aromatic carbocycles. The number of nitrogens with one attached hydrogen (secondary N) is 1. The Balaban J connectivity index is -0.0000000506. The molecule has 0 spiro atoms. The summed E-state index contributed by atoms with van der Waals surface area (Å²) in [6.07, 6.45) is 9.20. The smallest absolute Gasteiger partial charge is 0.193 e. The van der Waals surface area contributed by atoms with Crippen LogP contribution in [0, 0.1) is 38.0 Å². The molecule has 0 bridgehead atoms. The summed E-state index contributed by atoms with van der Waals surface area (Å²) in [7, 11) is 0. The van der Waals surface area contributed by atoms with Gasteiger partial charge in [0.25, 0.3) is 0 Å². The predicted molar refractivity (Wildman–Crippen MR) is 85.8 cm³/mol. The zero-order valence-corrected chi connectivity index (χ0v) is 11.3. The van der Waals surface area contributed by atoms with E-state index in [4.69, 9.17) is 25.9 Å². The van der Waals surface area contributed by atoms with Crippen LogP contribution in [0.4, 0.5) is 0 Å². The van der Waals surface area contributed by atoms with Gasteiger partial charge >= 0.3 is 6.72 Å². The summed E-state index contributed by atoms with van der Waals surface area (Å²) in [5, 5.41) is 21.0. The van der Waals surface area contributed by atoms with E-state index in [2.05, 4.69) is 39.6 Å². The maximum absolute atomic E-state index is 7.91. The lowest BCUT2D eigenvalue weighted by Crippen LogP contribution is -1.57. The Kier molecular flexibility index (Phi) is 86.4.